The summed E-state index contributed by atoms with van der Waals surface area (Å²) >= 11 is 0. The second kappa shape index (κ2) is 7.06. The minimum atomic E-state index is -0.484. The van der Waals surface area contributed by atoms with Gasteiger partial charge in [0.05, 0.1) is 19.4 Å². The summed E-state index contributed by atoms with van der Waals surface area (Å²) in [5.41, 5.74) is 0.242. The molecule has 0 aliphatic carbocycles. The van der Waals surface area contributed by atoms with E-state index in [2.05, 4.69) is 9.47 Å². The maximum absolute atomic E-state index is 10.9. The molecule has 0 aliphatic heterocycles. The van der Waals surface area contributed by atoms with Crippen molar-refractivity contribution in [1.29, 1.82) is 5.41 Å². The van der Waals surface area contributed by atoms with E-state index in [9.17, 15) is 9.59 Å². The highest BCUT2D eigenvalue weighted by Gasteiger charge is 2.06. The van der Waals surface area contributed by atoms with E-state index < -0.39 is 5.97 Å². The monoisotopic (exact) mass is 201 g/mol. The van der Waals surface area contributed by atoms with Crippen LogP contribution < -0.4 is 0 Å². The lowest BCUT2D eigenvalue weighted by Gasteiger charge is -2.03. The van der Waals surface area contributed by atoms with Gasteiger partial charge in [-0.25, -0.2) is 0 Å². The van der Waals surface area contributed by atoms with Gasteiger partial charge in [-0.2, -0.15) is 0 Å². The smallest absolute Gasteiger partial charge is 0.311 e. The fourth-order valence-electron chi connectivity index (χ4n) is 0.749. The maximum Gasteiger partial charge on any atom is 0.311 e. The molecule has 0 aromatic heterocycles. The SMILES string of the molecule is CCOC(=O)CCOC(=O)CC(C)=N. The van der Waals surface area contributed by atoms with Crippen LogP contribution in [-0.2, 0) is 19.1 Å². The predicted octanol–water partition coefficient (Wildman–Crippen LogP) is 0.913. The molecule has 0 unspecified atom stereocenters. The number of ether oxygens (including phenoxy) is 2. The van der Waals surface area contributed by atoms with Crippen molar-refractivity contribution in [1.82, 2.24) is 0 Å². The van der Waals surface area contributed by atoms with Gasteiger partial charge in [0.1, 0.15) is 6.61 Å². The van der Waals surface area contributed by atoms with Crippen LogP contribution in [0.2, 0.25) is 0 Å². The summed E-state index contributed by atoms with van der Waals surface area (Å²) in [6, 6.07) is 0. The molecule has 0 rings (SSSR count). The Bertz CT molecular complexity index is 225. The first kappa shape index (κ1) is 12.6. The van der Waals surface area contributed by atoms with Crippen molar-refractivity contribution < 1.29 is 19.1 Å². The van der Waals surface area contributed by atoms with E-state index in [1.165, 1.54) is 6.92 Å². The molecule has 0 saturated carbocycles. The van der Waals surface area contributed by atoms with Gasteiger partial charge in [-0.1, -0.05) is 0 Å². The third kappa shape index (κ3) is 7.27. The van der Waals surface area contributed by atoms with Crippen LogP contribution in [-0.4, -0.2) is 30.9 Å². The van der Waals surface area contributed by atoms with Gasteiger partial charge in [0, 0.05) is 5.71 Å². The Kier molecular flexibility index (Phi) is 6.36. The second-order valence-corrected chi connectivity index (χ2v) is 2.73. The van der Waals surface area contributed by atoms with Crippen LogP contribution in [0, 0.1) is 5.41 Å². The van der Waals surface area contributed by atoms with Crippen molar-refractivity contribution in [2.45, 2.75) is 26.7 Å². The van der Waals surface area contributed by atoms with E-state index in [1.54, 1.807) is 6.92 Å². The second-order valence-electron chi connectivity index (χ2n) is 2.73. The average molecular weight is 201 g/mol. The number of carbonyl (C=O) groups is 2. The summed E-state index contributed by atoms with van der Waals surface area (Å²) < 4.78 is 9.32. The van der Waals surface area contributed by atoms with Crippen LogP contribution in [0.15, 0.2) is 0 Å². The Morgan fingerprint density at radius 1 is 1.21 bits per heavy atom. The third-order valence-electron chi connectivity index (χ3n) is 1.28. The number of hydrogen-bond acceptors (Lipinski definition) is 5. The molecule has 0 aromatic rings. The van der Waals surface area contributed by atoms with Crippen LogP contribution >= 0.6 is 0 Å². The normalized spacial score (nSPS) is 9.29. The first-order valence-electron chi connectivity index (χ1n) is 4.41. The fourth-order valence-corrected chi connectivity index (χ4v) is 0.749. The zero-order chi connectivity index (χ0) is 11.0. The molecule has 0 fully saturated rings. The number of carbonyl (C=O) groups excluding carboxylic acids is 2. The molecule has 0 heterocycles. The van der Waals surface area contributed by atoms with E-state index in [0.717, 1.165) is 0 Å². The Morgan fingerprint density at radius 2 is 1.86 bits per heavy atom. The Balaban J connectivity index is 3.49. The van der Waals surface area contributed by atoms with Crippen LogP contribution in [0.1, 0.15) is 26.7 Å². The van der Waals surface area contributed by atoms with Crippen molar-refractivity contribution >= 4 is 17.7 Å². The van der Waals surface area contributed by atoms with Gasteiger partial charge in [0.2, 0.25) is 0 Å². The quantitative estimate of drug-likeness (QED) is 0.512. The van der Waals surface area contributed by atoms with E-state index >= 15 is 0 Å². The Hall–Kier alpha value is -1.39. The summed E-state index contributed by atoms with van der Waals surface area (Å²) in [5, 5.41) is 7.02. The standard InChI is InChI=1S/C9H15NO4/c1-3-13-8(11)4-5-14-9(12)6-7(2)10/h10H,3-6H2,1-2H3. The van der Waals surface area contributed by atoms with Gasteiger partial charge in [0.15, 0.2) is 0 Å². The van der Waals surface area contributed by atoms with Crippen LogP contribution in [0.25, 0.3) is 0 Å². The first-order chi connectivity index (χ1) is 6.56. The van der Waals surface area contributed by atoms with E-state index in [1.807, 2.05) is 0 Å². The summed E-state index contributed by atoms with van der Waals surface area (Å²) in [5.74, 6) is -0.867. The summed E-state index contributed by atoms with van der Waals surface area (Å²) in [6.07, 6.45) is 0.0411. The average Bonchev–Trinajstić information content (AvgIpc) is 2.02. The molecule has 0 aromatic carbocycles. The van der Waals surface area contributed by atoms with Crippen molar-refractivity contribution in [2.75, 3.05) is 13.2 Å². The van der Waals surface area contributed by atoms with Gasteiger partial charge in [-0.3, -0.25) is 9.59 Å². The zero-order valence-corrected chi connectivity index (χ0v) is 8.46. The van der Waals surface area contributed by atoms with E-state index in [-0.39, 0.29) is 31.1 Å². The number of nitrogens with one attached hydrogen (secondary N) is 1. The Labute approximate surface area is 82.9 Å². The molecule has 0 spiro atoms. The molecular formula is C9H15NO4. The van der Waals surface area contributed by atoms with Crippen molar-refractivity contribution in [3.63, 3.8) is 0 Å². The molecular weight excluding hydrogens is 186 g/mol. The maximum atomic E-state index is 10.9. The van der Waals surface area contributed by atoms with Crippen LogP contribution in [0.5, 0.6) is 0 Å². The number of rotatable bonds is 6. The predicted molar refractivity (Wildman–Crippen MR) is 50.2 cm³/mol. The van der Waals surface area contributed by atoms with E-state index in [0.29, 0.717) is 6.61 Å². The van der Waals surface area contributed by atoms with Crippen molar-refractivity contribution in [2.24, 2.45) is 0 Å². The molecule has 0 saturated heterocycles. The first-order valence-corrected chi connectivity index (χ1v) is 4.41. The third-order valence-corrected chi connectivity index (χ3v) is 1.28. The largest absolute Gasteiger partial charge is 0.466 e. The highest BCUT2D eigenvalue weighted by atomic mass is 16.5. The Morgan fingerprint density at radius 3 is 2.36 bits per heavy atom. The van der Waals surface area contributed by atoms with E-state index in [4.69, 9.17) is 5.41 Å². The molecule has 5 nitrogen and oxygen atoms in total. The number of esters is 2. The highest BCUT2D eigenvalue weighted by Crippen LogP contribution is 1.92. The van der Waals surface area contributed by atoms with Gasteiger partial charge in [-0.05, 0) is 13.8 Å². The fraction of sp³-hybridized carbons (Fsp3) is 0.667. The van der Waals surface area contributed by atoms with Gasteiger partial charge in [-0.15, -0.1) is 0 Å². The highest BCUT2D eigenvalue weighted by molar-refractivity contribution is 5.95. The molecule has 1 N–H and O–H groups in total. The van der Waals surface area contributed by atoms with Gasteiger partial charge < -0.3 is 14.9 Å². The molecule has 80 valence electrons. The molecule has 14 heavy (non-hydrogen) atoms. The molecule has 5 heteroatoms. The lowest BCUT2D eigenvalue weighted by molar-refractivity contribution is -0.148. The van der Waals surface area contributed by atoms with Gasteiger partial charge in [0.25, 0.3) is 0 Å². The lowest BCUT2D eigenvalue weighted by atomic mass is 10.3. The topological polar surface area (TPSA) is 76.5 Å². The van der Waals surface area contributed by atoms with Crippen molar-refractivity contribution in [3.8, 4) is 0 Å². The summed E-state index contributed by atoms with van der Waals surface area (Å²) in [6.45, 7) is 3.58. The molecule has 0 bridgehead atoms. The lowest BCUT2D eigenvalue weighted by Crippen LogP contribution is -2.13. The van der Waals surface area contributed by atoms with Crippen LogP contribution in [0.4, 0.5) is 0 Å². The minimum absolute atomic E-state index is 0.0188. The zero-order valence-electron chi connectivity index (χ0n) is 8.46. The van der Waals surface area contributed by atoms with Crippen molar-refractivity contribution in [3.05, 3.63) is 0 Å². The summed E-state index contributed by atoms with van der Waals surface area (Å²) in [7, 11) is 0. The number of hydrogen-bond donors (Lipinski definition) is 1. The van der Waals surface area contributed by atoms with Crippen LogP contribution in [0.3, 0.4) is 0 Å². The molecule has 0 radical (unpaired) electrons. The molecule has 0 atom stereocenters. The molecule has 0 aliphatic rings. The molecule has 0 amide bonds. The van der Waals surface area contributed by atoms with Gasteiger partial charge >= 0.3 is 11.9 Å². The summed E-state index contributed by atoms with van der Waals surface area (Å²) in [4.78, 5) is 21.7. The minimum Gasteiger partial charge on any atom is -0.466 e.